The lowest BCUT2D eigenvalue weighted by molar-refractivity contribution is 0.714. The molecule has 0 heterocycles. The number of aryl methyl sites for hydroxylation is 1. The van der Waals surface area contributed by atoms with Gasteiger partial charge >= 0.3 is 0 Å². The van der Waals surface area contributed by atoms with Gasteiger partial charge in [0.1, 0.15) is 0 Å². The van der Waals surface area contributed by atoms with E-state index in [4.69, 9.17) is 0 Å². The highest BCUT2D eigenvalue weighted by Crippen LogP contribution is 2.23. The molecule has 88 valence electrons. The standard InChI is InChI=1S/C16H24/c1-4-6-7-9-15(8-5-2)16-12-10-14(3)11-13-16/h7,9-13,15H,4-6,8H2,1-3H3/b9-7+. The molecular weight excluding hydrogens is 192 g/mol. The fourth-order valence-electron chi connectivity index (χ4n) is 1.93. The SMILES string of the molecule is CCC/C=C/C(CCC)c1ccc(C)cc1. The van der Waals surface area contributed by atoms with Crippen molar-refractivity contribution < 1.29 is 0 Å². The highest BCUT2D eigenvalue weighted by molar-refractivity contribution is 5.27. The van der Waals surface area contributed by atoms with Crippen LogP contribution in [0.2, 0.25) is 0 Å². The van der Waals surface area contributed by atoms with Gasteiger partial charge in [0.25, 0.3) is 0 Å². The summed E-state index contributed by atoms with van der Waals surface area (Å²) in [6, 6.07) is 8.97. The first kappa shape index (κ1) is 13.0. The Hall–Kier alpha value is -1.04. The summed E-state index contributed by atoms with van der Waals surface area (Å²) in [6.45, 7) is 6.63. The van der Waals surface area contributed by atoms with Crippen LogP contribution in [0.3, 0.4) is 0 Å². The summed E-state index contributed by atoms with van der Waals surface area (Å²) in [4.78, 5) is 0. The second-order valence-corrected chi connectivity index (χ2v) is 4.52. The van der Waals surface area contributed by atoms with Crippen molar-refractivity contribution in [3.05, 3.63) is 47.5 Å². The van der Waals surface area contributed by atoms with Crippen molar-refractivity contribution in [3.8, 4) is 0 Å². The van der Waals surface area contributed by atoms with Gasteiger partial charge in [-0.3, -0.25) is 0 Å². The van der Waals surface area contributed by atoms with Crippen LogP contribution in [0.4, 0.5) is 0 Å². The summed E-state index contributed by atoms with van der Waals surface area (Å²) < 4.78 is 0. The number of hydrogen-bond donors (Lipinski definition) is 0. The van der Waals surface area contributed by atoms with E-state index in [2.05, 4.69) is 57.2 Å². The third kappa shape index (κ3) is 4.22. The lowest BCUT2D eigenvalue weighted by atomic mass is 9.93. The number of unbranched alkanes of at least 4 members (excludes halogenated alkanes) is 1. The summed E-state index contributed by atoms with van der Waals surface area (Å²) >= 11 is 0. The quantitative estimate of drug-likeness (QED) is 0.571. The summed E-state index contributed by atoms with van der Waals surface area (Å²) in [6.07, 6.45) is 9.66. The molecule has 0 heteroatoms. The van der Waals surface area contributed by atoms with Crippen molar-refractivity contribution in [3.63, 3.8) is 0 Å². The van der Waals surface area contributed by atoms with E-state index < -0.39 is 0 Å². The van der Waals surface area contributed by atoms with E-state index in [0.29, 0.717) is 5.92 Å². The molecule has 1 aromatic rings. The minimum atomic E-state index is 0.608. The number of hydrogen-bond acceptors (Lipinski definition) is 0. The van der Waals surface area contributed by atoms with Gasteiger partial charge in [0.2, 0.25) is 0 Å². The first-order valence-corrected chi connectivity index (χ1v) is 6.51. The molecule has 0 amide bonds. The molecule has 0 spiro atoms. The lowest BCUT2D eigenvalue weighted by Gasteiger charge is -2.12. The van der Waals surface area contributed by atoms with Gasteiger partial charge in [0.05, 0.1) is 0 Å². The Morgan fingerprint density at radius 1 is 1.06 bits per heavy atom. The van der Waals surface area contributed by atoms with Crippen molar-refractivity contribution in [2.75, 3.05) is 0 Å². The summed E-state index contributed by atoms with van der Waals surface area (Å²) in [7, 11) is 0. The molecule has 0 aliphatic rings. The molecule has 0 aromatic heterocycles. The summed E-state index contributed by atoms with van der Waals surface area (Å²) in [5.74, 6) is 0.608. The smallest absolute Gasteiger partial charge is 0.00178 e. The maximum absolute atomic E-state index is 2.39. The molecular formula is C16H24. The zero-order valence-corrected chi connectivity index (χ0v) is 10.9. The van der Waals surface area contributed by atoms with Gasteiger partial charge in [0.15, 0.2) is 0 Å². The monoisotopic (exact) mass is 216 g/mol. The molecule has 0 aliphatic carbocycles. The zero-order valence-electron chi connectivity index (χ0n) is 10.9. The Bertz CT molecular complexity index is 305. The van der Waals surface area contributed by atoms with Gasteiger partial charge < -0.3 is 0 Å². The first-order valence-electron chi connectivity index (χ1n) is 6.51. The van der Waals surface area contributed by atoms with Gasteiger partial charge in [-0.25, -0.2) is 0 Å². The van der Waals surface area contributed by atoms with E-state index >= 15 is 0 Å². The van der Waals surface area contributed by atoms with Crippen LogP contribution in [0.1, 0.15) is 56.6 Å². The van der Waals surface area contributed by atoms with Crippen molar-refractivity contribution >= 4 is 0 Å². The van der Waals surface area contributed by atoms with E-state index in [1.165, 1.54) is 36.8 Å². The van der Waals surface area contributed by atoms with Crippen LogP contribution in [-0.4, -0.2) is 0 Å². The molecule has 0 nitrogen and oxygen atoms in total. The normalized spacial score (nSPS) is 13.2. The fourth-order valence-corrected chi connectivity index (χ4v) is 1.93. The van der Waals surface area contributed by atoms with E-state index in [0.717, 1.165) is 0 Å². The molecule has 0 saturated heterocycles. The summed E-state index contributed by atoms with van der Waals surface area (Å²) in [5, 5.41) is 0. The van der Waals surface area contributed by atoms with E-state index in [1.54, 1.807) is 0 Å². The van der Waals surface area contributed by atoms with Crippen LogP contribution in [0.25, 0.3) is 0 Å². The molecule has 0 saturated carbocycles. The van der Waals surface area contributed by atoms with Crippen molar-refractivity contribution in [2.45, 2.75) is 52.4 Å². The van der Waals surface area contributed by atoms with Gasteiger partial charge in [-0.15, -0.1) is 0 Å². The van der Waals surface area contributed by atoms with Gasteiger partial charge in [-0.05, 0) is 25.3 Å². The predicted molar refractivity (Wildman–Crippen MR) is 72.9 cm³/mol. The average Bonchev–Trinajstić information content (AvgIpc) is 2.29. The van der Waals surface area contributed by atoms with Gasteiger partial charge in [-0.2, -0.15) is 0 Å². The van der Waals surface area contributed by atoms with Crippen molar-refractivity contribution in [1.29, 1.82) is 0 Å². The molecule has 16 heavy (non-hydrogen) atoms. The van der Waals surface area contributed by atoms with E-state index in [1.807, 2.05) is 0 Å². The zero-order chi connectivity index (χ0) is 11.8. The molecule has 1 atom stereocenters. The molecule has 0 radical (unpaired) electrons. The average molecular weight is 216 g/mol. The van der Waals surface area contributed by atoms with Gasteiger partial charge in [0, 0.05) is 5.92 Å². The third-order valence-corrected chi connectivity index (χ3v) is 2.93. The minimum Gasteiger partial charge on any atom is -0.0879 e. The van der Waals surface area contributed by atoms with Crippen LogP contribution in [0.5, 0.6) is 0 Å². The van der Waals surface area contributed by atoms with Crippen molar-refractivity contribution in [2.24, 2.45) is 0 Å². The Morgan fingerprint density at radius 2 is 1.75 bits per heavy atom. The van der Waals surface area contributed by atoms with Crippen LogP contribution in [0, 0.1) is 6.92 Å². The number of rotatable bonds is 6. The number of benzene rings is 1. The van der Waals surface area contributed by atoms with Crippen LogP contribution in [-0.2, 0) is 0 Å². The highest BCUT2D eigenvalue weighted by atomic mass is 14.1. The lowest BCUT2D eigenvalue weighted by Crippen LogP contribution is -1.94. The summed E-state index contributed by atoms with van der Waals surface area (Å²) in [5.41, 5.74) is 2.80. The Labute approximate surface area is 100 Å². The first-order chi connectivity index (χ1) is 7.77. The van der Waals surface area contributed by atoms with Crippen LogP contribution in [0.15, 0.2) is 36.4 Å². The minimum absolute atomic E-state index is 0.608. The van der Waals surface area contributed by atoms with Crippen LogP contribution >= 0.6 is 0 Å². The second kappa shape index (κ2) is 7.27. The fraction of sp³-hybridized carbons (Fsp3) is 0.500. The molecule has 1 unspecified atom stereocenters. The Morgan fingerprint density at radius 3 is 2.31 bits per heavy atom. The van der Waals surface area contributed by atoms with E-state index in [-0.39, 0.29) is 0 Å². The topological polar surface area (TPSA) is 0 Å². The molecule has 0 fully saturated rings. The van der Waals surface area contributed by atoms with Crippen molar-refractivity contribution in [1.82, 2.24) is 0 Å². The maximum atomic E-state index is 2.39. The number of allylic oxidation sites excluding steroid dienone is 2. The molecule has 0 bridgehead atoms. The Balaban J connectivity index is 2.72. The highest BCUT2D eigenvalue weighted by Gasteiger charge is 2.05. The molecule has 0 N–H and O–H groups in total. The molecule has 1 aromatic carbocycles. The maximum Gasteiger partial charge on any atom is 0.00178 e. The van der Waals surface area contributed by atoms with Crippen LogP contribution < -0.4 is 0 Å². The second-order valence-electron chi connectivity index (χ2n) is 4.52. The van der Waals surface area contributed by atoms with E-state index in [9.17, 15) is 0 Å². The molecule has 1 rings (SSSR count). The predicted octanol–water partition coefficient (Wildman–Crippen LogP) is 5.24. The Kier molecular flexibility index (Phi) is 5.92. The molecule has 0 aliphatic heterocycles. The third-order valence-electron chi connectivity index (χ3n) is 2.93. The largest absolute Gasteiger partial charge is 0.0879 e. The van der Waals surface area contributed by atoms with Gasteiger partial charge in [-0.1, -0.05) is 68.7 Å².